The molecule has 3 N–H and O–H groups in total. The summed E-state index contributed by atoms with van der Waals surface area (Å²) in [5, 5.41) is 8.92. The smallest absolute Gasteiger partial charge is 0.329 e. The molecule has 3 aromatic carbocycles. The van der Waals surface area contributed by atoms with Crippen LogP contribution in [0.5, 0.6) is 5.75 Å². The van der Waals surface area contributed by atoms with E-state index in [9.17, 15) is 14.4 Å². The summed E-state index contributed by atoms with van der Waals surface area (Å²) in [6.45, 7) is 2.43. The molecule has 0 aliphatic heterocycles. The first kappa shape index (κ1) is 23.9. The quantitative estimate of drug-likeness (QED) is 0.269. The Labute approximate surface area is 197 Å². The van der Waals surface area contributed by atoms with Gasteiger partial charge >= 0.3 is 11.8 Å². The number of carbonyl (C=O) groups excluding carboxylic acids is 3. The van der Waals surface area contributed by atoms with Gasteiger partial charge in [-0.15, -0.1) is 0 Å². The summed E-state index contributed by atoms with van der Waals surface area (Å²) in [6.07, 6.45) is 4.79. The number of hydrogen-bond acceptors (Lipinski definition) is 5. The number of amides is 3. The highest BCUT2D eigenvalue weighted by molar-refractivity contribution is 6.40. The first-order valence-electron chi connectivity index (χ1n) is 10.6. The Bertz CT molecular complexity index is 1190. The minimum Gasteiger partial charge on any atom is -0.494 e. The molecule has 0 atom stereocenters. The van der Waals surface area contributed by atoms with E-state index < -0.39 is 17.7 Å². The summed E-state index contributed by atoms with van der Waals surface area (Å²) >= 11 is 0. The molecule has 3 amide bonds. The molecule has 3 aromatic rings. The van der Waals surface area contributed by atoms with Crippen molar-refractivity contribution in [2.45, 2.75) is 6.92 Å². The molecule has 172 valence electrons. The van der Waals surface area contributed by atoms with Crippen LogP contribution >= 0.6 is 0 Å². The highest BCUT2D eigenvalue weighted by atomic mass is 16.5. The molecule has 3 rings (SSSR count). The Kier molecular flexibility index (Phi) is 8.69. The van der Waals surface area contributed by atoms with Gasteiger partial charge in [0.2, 0.25) is 0 Å². The molecule has 0 unspecified atom stereocenters. The van der Waals surface area contributed by atoms with Gasteiger partial charge in [-0.2, -0.15) is 5.10 Å². The normalized spacial score (nSPS) is 10.7. The van der Waals surface area contributed by atoms with E-state index in [4.69, 9.17) is 4.74 Å². The molecule has 0 fully saturated rings. The fourth-order valence-corrected chi connectivity index (χ4v) is 2.88. The maximum absolute atomic E-state index is 12.7. The fraction of sp³-hybridized carbons (Fsp3) is 0.0769. The molecule has 34 heavy (non-hydrogen) atoms. The van der Waals surface area contributed by atoms with E-state index in [-0.39, 0.29) is 11.3 Å². The Morgan fingerprint density at radius 1 is 0.853 bits per heavy atom. The van der Waals surface area contributed by atoms with Gasteiger partial charge in [-0.3, -0.25) is 14.4 Å². The number of ether oxygens (including phenoxy) is 1. The van der Waals surface area contributed by atoms with Crippen LogP contribution in [0.1, 0.15) is 22.8 Å². The highest BCUT2D eigenvalue weighted by Gasteiger charge is 2.17. The number of allylic oxidation sites excluding steroid dienone is 1. The van der Waals surface area contributed by atoms with E-state index in [0.29, 0.717) is 18.0 Å². The second-order valence-corrected chi connectivity index (χ2v) is 6.90. The molecule has 0 aliphatic rings. The lowest BCUT2D eigenvalue weighted by Crippen LogP contribution is -2.33. The van der Waals surface area contributed by atoms with Crippen molar-refractivity contribution in [3.63, 3.8) is 0 Å². The van der Waals surface area contributed by atoms with Crippen molar-refractivity contribution < 1.29 is 19.1 Å². The average molecular weight is 457 g/mol. The lowest BCUT2D eigenvalue weighted by atomic mass is 10.1. The van der Waals surface area contributed by atoms with Gasteiger partial charge in [0.1, 0.15) is 5.75 Å². The summed E-state index contributed by atoms with van der Waals surface area (Å²) in [7, 11) is 0. The number of hydrazone groups is 1. The third kappa shape index (κ3) is 7.16. The molecule has 0 aliphatic carbocycles. The number of nitrogens with zero attached hydrogens (tertiary/aromatic N) is 1. The minimum absolute atomic E-state index is 0.194. The monoisotopic (exact) mass is 456 g/mol. The standard InChI is InChI=1S/C26H24N4O4/c1-2-34-21-16-14-20(15-17-21)28-24(31)22-12-6-7-13-23(22)29-25(32)26(33)30-27-18-8-11-19-9-4-3-5-10-19/h3-18H,2H2,1H3,(H,28,31)(H,29,32)(H,30,33)/b11-8+,27-18-. The summed E-state index contributed by atoms with van der Waals surface area (Å²) in [5.41, 5.74) is 4.07. The van der Waals surface area contributed by atoms with Gasteiger partial charge in [-0.1, -0.05) is 48.5 Å². The van der Waals surface area contributed by atoms with Gasteiger partial charge in [-0.05, 0) is 55.0 Å². The number of hydrogen-bond donors (Lipinski definition) is 3. The van der Waals surface area contributed by atoms with Gasteiger partial charge in [-0.25, -0.2) is 5.43 Å². The Balaban J connectivity index is 1.57. The molecule has 0 aromatic heterocycles. The molecule has 8 nitrogen and oxygen atoms in total. The molecule has 0 bridgehead atoms. The summed E-state index contributed by atoms with van der Waals surface area (Å²) in [4.78, 5) is 37.1. The van der Waals surface area contributed by atoms with Gasteiger partial charge in [0.05, 0.1) is 17.9 Å². The summed E-state index contributed by atoms with van der Waals surface area (Å²) < 4.78 is 5.39. The third-order valence-electron chi connectivity index (χ3n) is 4.46. The maximum Gasteiger partial charge on any atom is 0.329 e. The van der Waals surface area contributed by atoms with Crippen molar-refractivity contribution in [3.05, 3.63) is 96.1 Å². The first-order chi connectivity index (χ1) is 16.6. The van der Waals surface area contributed by atoms with Crippen molar-refractivity contribution in [2.24, 2.45) is 5.10 Å². The Morgan fingerprint density at radius 3 is 2.29 bits per heavy atom. The number of carbonyl (C=O) groups is 3. The molecule has 0 saturated carbocycles. The van der Waals surface area contributed by atoms with Crippen LogP contribution in [0.25, 0.3) is 6.08 Å². The van der Waals surface area contributed by atoms with Crippen molar-refractivity contribution in [3.8, 4) is 5.75 Å². The zero-order valence-corrected chi connectivity index (χ0v) is 18.5. The molecule has 0 saturated heterocycles. The van der Waals surface area contributed by atoms with Crippen molar-refractivity contribution in [1.82, 2.24) is 5.43 Å². The SMILES string of the molecule is CCOc1ccc(NC(=O)c2ccccc2NC(=O)C(=O)N/N=C\C=C\c2ccccc2)cc1. The van der Waals surface area contributed by atoms with Crippen molar-refractivity contribution in [2.75, 3.05) is 17.2 Å². The van der Waals surface area contributed by atoms with Crippen LogP contribution in [-0.2, 0) is 9.59 Å². The molecule has 0 heterocycles. The van der Waals surface area contributed by atoms with Crippen LogP contribution in [0.2, 0.25) is 0 Å². The number of para-hydroxylation sites is 1. The van der Waals surface area contributed by atoms with E-state index >= 15 is 0 Å². The lowest BCUT2D eigenvalue weighted by molar-refractivity contribution is -0.136. The van der Waals surface area contributed by atoms with Gasteiger partial charge in [0.15, 0.2) is 0 Å². The molecular weight excluding hydrogens is 432 g/mol. The third-order valence-corrected chi connectivity index (χ3v) is 4.46. The lowest BCUT2D eigenvalue weighted by Gasteiger charge is -2.11. The molecule has 8 heteroatoms. The van der Waals surface area contributed by atoms with Gasteiger partial charge in [0, 0.05) is 11.9 Å². The maximum atomic E-state index is 12.7. The second-order valence-electron chi connectivity index (χ2n) is 6.90. The minimum atomic E-state index is -0.967. The van der Waals surface area contributed by atoms with Crippen molar-refractivity contribution in [1.29, 1.82) is 0 Å². The number of benzene rings is 3. The highest BCUT2D eigenvalue weighted by Crippen LogP contribution is 2.19. The zero-order valence-electron chi connectivity index (χ0n) is 18.5. The topological polar surface area (TPSA) is 109 Å². The van der Waals surface area contributed by atoms with E-state index in [1.165, 1.54) is 12.3 Å². The zero-order chi connectivity index (χ0) is 24.2. The number of nitrogens with one attached hydrogen (secondary N) is 3. The van der Waals surface area contributed by atoms with E-state index in [0.717, 1.165) is 5.56 Å². The number of rotatable bonds is 8. The molecular formula is C26H24N4O4. The van der Waals surface area contributed by atoms with Crippen LogP contribution < -0.4 is 20.8 Å². The molecule has 0 radical (unpaired) electrons. The predicted molar refractivity (Wildman–Crippen MR) is 133 cm³/mol. The van der Waals surface area contributed by atoms with Gasteiger partial charge in [0.25, 0.3) is 5.91 Å². The molecule has 0 spiro atoms. The Hall–Kier alpha value is -4.72. The van der Waals surface area contributed by atoms with Crippen LogP contribution in [-0.4, -0.2) is 30.5 Å². The van der Waals surface area contributed by atoms with E-state index in [2.05, 4.69) is 21.2 Å². The first-order valence-corrected chi connectivity index (χ1v) is 10.6. The Morgan fingerprint density at radius 2 is 1.56 bits per heavy atom. The van der Waals surface area contributed by atoms with E-state index in [1.54, 1.807) is 54.6 Å². The van der Waals surface area contributed by atoms with Crippen molar-refractivity contribution >= 4 is 41.4 Å². The largest absolute Gasteiger partial charge is 0.494 e. The average Bonchev–Trinajstić information content (AvgIpc) is 2.86. The summed E-state index contributed by atoms with van der Waals surface area (Å²) in [6, 6.07) is 22.8. The predicted octanol–water partition coefficient (Wildman–Crippen LogP) is 4.09. The van der Waals surface area contributed by atoms with Crippen LogP contribution in [0.4, 0.5) is 11.4 Å². The van der Waals surface area contributed by atoms with Crippen LogP contribution in [0.15, 0.2) is 90.0 Å². The fourth-order valence-electron chi connectivity index (χ4n) is 2.88. The van der Waals surface area contributed by atoms with E-state index in [1.807, 2.05) is 37.3 Å². The van der Waals surface area contributed by atoms with Gasteiger partial charge < -0.3 is 15.4 Å². The van der Waals surface area contributed by atoms with Crippen LogP contribution in [0, 0.1) is 0 Å². The van der Waals surface area contributed by atoms with Crippen LogP contribution in [0.3, 0.4) is 0 Å². The second kappa shape index (κ2) is 12.4. The summed E-state index contributed by atoms with van der Waals surface area (Å²) in [5.74, 6) is -1.67. The number of anilines is 2.